The number of aromatic nitrogens is 2. The Hall–Kier alpha value is -3.05. The molecule has 1 aromatic heterocycles. The molecule has 0 saturated heterocycles. The third kappa shape index (κ3) is 3.21. The third-order valence-electron chi connectivity index (χ3n) is 2.52. The molecule has 0 aliphatic heterocycles. The quantitative estimate of drug-likeness (QED) is 0.843. The fourth-order valence-electron chi connectivity index (χ4n) is 1.61. The number of nitrogens with zero attached hydrogens (tertiary/aromatic N) is 4. The number of para-hydroxylation sites is 1. The minimum absolute atomic E-state index is 0.0360. The van der Waals surface area contributed by atoms with Crippen molar-refractivity contribution in [1.82, 2.24) is 9.78 Å². The lowest BCUT2D eigenvalue weighted by atomic mass is 10.2. The van der Waals surface area contributed by atoms with E-state index in [-0.39, 0.29) is 5.57 Å². The molecular formula is C14H11N5. The fraction of sp³-hybridized carbons (Fsp3) is 0.0714. The van der Waals surface area contributed by atoms with E-state index in [0.717, 1.165) is 11.3 Å². The molecule has 2 aromatic rings. The number of rotatable bonds is 4. The average Bonchev–Trinajstić information content (AvgIpc) is 2.94. The van der Waals surface area contributed by atoms with Gasteiger partial charge >= 0.3 is 0 Å². The number of allylic oxidation sites excluding steroid dienone is 1. The van der Waals surface area contributed by atoms with Crippen LogP contribution in [0.1, 0.15) is 5.56 Å². The Morgan fingerprint density at radius 2 is 2.05 bits per heavy atom. The van der Waals surface area contributed by atoms with E-state index in [4.69, 9.17) is 10.5 Å². The van der Waals surface area contributed by atoms with Crippen LogP contribution in [0.3, 0.4) is 0 Å². The average molecular weight is 249 g/mol. The van der Waals surface area contributed by atoms with E-state index in [1.54, 1.807) is 23.0 Å². The Labute approximate surface area is 111 Å². The van der Waals surface area contributed by atoms with Crippen molar-refractivity contribution in [2.75, 3.05) is 5.32 Å². The van der Waals surface area contributed by atoms with Gasteiger partial charge in [-0.05, 0) is 17.7 Å². The van der Waals surface area contributed by atoms with Gasteiger partial charge in [0.05, 0.1) is 6.54 Å². The summed E-state index contributed by atoms with van der Waals surface area (Å²) in [4.78, 5) is 0. The van der Waals surface area contributed by atoms with Crippen molar-refractivity contribution in [3.05, 3.63) is 60.1 Å². The SMILES string of the molecule is N#CC(C#N)=CNc1ccccc1Cn1cccn1. The lowest BCUT2D eigenvalue weighted by Gasteiger charge is -2.09. The molecule has 0 saturated carbocycles. The molecule has 0 unspecified atom stereocenters. The Balaban J connectivity index is 2.20. The van der Waals surface area contributed by atoms with Crippen molar-refractivity contribution in [2.24, 2.45) is 0 Å². The molecule has 1 N–H and O–H groups in total. The van der Waals surface area contributed by atoms with Gasteiger partial charge in [0.25, 0.3) is 0 Å². The maximum atomic E-state index is 8.69. The Morgan fingerprint density at radius 3 is 2.74 bits per heavy atom. The van der Waals surface area contributed by atoms with Crippen LogP contribution in [0.25, 0.3) is 0 Å². The van der Waals surface area contributed by atoms with E-state index in [9.17, 15) is 0 Å². The highest BCUT2D eigenvalue weighted by Crippen LogP contribution is 2.16. The minimum Gasteiger partial charge on any atom is -0.360 e. The van der Waals surface area contributed by atoms with Crippen LogP contribution in [-0.4, -0.2) is 9.78 Å². The van der Waals surface area contributed by atoms with E-state index in [1.807, 2.05) is 36.5 Å². The van der Waals surface area contributed by atoms with Gasteiger partial charge in [-0.3, -0.25) is 4.68 Å². The zero-order valence-corrected chi connectivity index (χ0v) is 10.1. The molecule has 1 heterocycles. The first-order valence-electron chi connectivity index (χ1n) is 5.65. The Kier molecular flexibility index (Phi) is 3.94. The molecule has 0 radical (unpaired) electrons. The number of anilines is 1. The monoisotopic (exact) mass is 249 g/mol. The molecule has 0 aliphatic rings. The van der Waals surface area contributed by atoms with Gasteiger partial charge in [-0.1, -0.05) is 18.2 Å². The first-order valence-corrected chi connectivity index (χ1v) is 5.65. The van der Waals surface area contributed by atoms with Gasteiger partial charge in [0, 0.05) is 24.3 Å². The highest BCUT2D eigenvalue weighted by Gasteiger charge is 2.02. The highest BCUT2D eigenvalue weighted by molar-refractivity contribution is 5.55. The lowest BCUT2D eigenvalue weighted by molar-refractivity contribution is 0.688. The van der Waals surface area contributed by atoms with Crippen LogP contribution in [0.4, 0.5) is 5.69 Å². The predicted molar refractivity (Wildman–Crippen MR) is 70.7 cm³/mol. The fourth-order valence-corrected chi connectivity index (χ4v) is 1.61. The predicted octanol–water partition coefficient (Wildman–Crippen LogP) is 2.27. The topological polar surface area (TPSA) is 77.4 Å². The van der Waals surface area contributed by atoms with E-state index in [2.05, 4.69) is 10.4 Å². The number of hydrogen-bond acceptors (Lipinski definition) is 4. The van der Waals surface area contributed by atoms with Crippen LogP contribution < -0.4 is 5.32 Å². The van der Waals surface area contributed by atoms with Crippen LogP contribution >= 0.6 is 0 Å². The lowest BCUT2D eigenvalue weighted by Crippen LogP contribution is -2.03. The second-order valence-electron chi connectivity index (χ2n) is 3.79. The van der Waals surface area contributed by atoms with Gasteiger partial charge in [0.2, 0.25) is 0 Å². The second-order valence-corrected chi connectivity index (χ2v) is 3.79. The summed E-state index contributed by atoms with van der Waals surface area (Å²) in [6.45, 7) is 0.623. The van der Waals surface area contributed by atoms with Crippen LogP contribution in [0.5, 0.6) is 0 Å². The van der Waals surface area contributed by atoms with Crippen molar-refractivity contribution >= 4 is 5.69 Å². The Bertz CT molecular complexity index is 640. The molecule has 0 fully saturated rings. The van der Waals surface area contributed by atoms with Crippen molar-refractivity contribution in [1.29, 1.82) is 10.5 Å². The first-order chi connectivity index (χ1) is 9.33. The molecule has 92 valence electrons. The molecule has 0 amide bonds. The zero-order valence-electron chi connectivity index (χ0n) is 10.1. The number of hydrogen-bond donors (Lipinski definition) is 1. The van der Waals surface area contributed by atoms with Gasteiger partial charge in [-0.2, -0.15) is 15.6 Å². The van der Waals surface area contributed by atoms with Gasteiger partial charge < -0.3 is 5.32 Å². The largest absolute Gasteiger partial charge is 0.360 e. The standard InChI is InChI=1S/C14H11N5/c15-8-12(9-16)10-17-14-5-2-1-4-13(14)11-19-7-3-6-18-19/h1-7,10,17H,11H2. The van der Waals surface area contributed by atoms with E-state index >= 15 is 0 Å². The summed E-state index contributed by atoms with van der Waals surface area (Å²) >= 11 is 0. The molecule has 1 aromatic carbocycles. The van der Waals surface area contributed by atoms with Gasteiger partial charge in [0.1, 0.15) is 17.7 Å². The first kappa shape index (κ1) is 12.4. The summed E-state index contributed by atoms with van der Waals surface area (Å²) in [5.41, 5.74) is 1.91. The maximum Gasteiger partial charge on any atom is 0.145 e. The van der Waals surface area contributed by atoms with Gasteiger partial charge in [-0.25, -0.2) is 0 Å². The van der Waals surface area contributed by atoms with Gasteiger partial charge in [0.15, 0.2) is 0 Å². The third-order valence-corrected chi connectivity index (χ3v) is 2.52. The van der Waals surface area contributed by atoms with Crippen LogP contribution in [-0.2, 0) is 6.54 Å². The summed E-state index contributed by atoms with van der Waals surface area (Å²) < 4.78 is 1.81. The summed E-state index contributed by atoms with van der Waals surface area (Å²) in [6, 6.07) is 13.2. The molecule has 0 spiro atoms. The molecule has 0 atom stereocenters. The molecule has 2 rings (SSSR count). The molecule has 19 heavy (non-hydrogen) atoms. The van der Waals surface area contributed by atoms with Crippen LogP contribution in [0.15, 0.2) is 54.5 Å². The number of nitrogens with one attached hydrogen (secondary N) is 1. The van der Waals surface area contributed by atoms with E-state index < -0.39 is 0 Å². The van der Waals surface area contributed by atoms with Crippen LogP contribution in [0.2, 0.25) is 0 Å². The summed E-state index contributed by atoms with van der Waals surface area (Å²) in [7, 11) is 0. The minimum atomic E-state index is 0.0360. The van der Waals surface area contributed by atoms with Crippen molar-refractivity contribution < 1.29 is 0 Å². The number of nitriles is 2. The summed E-state index contributed by atoms with van der Waals surface area (Å²) in [5.74, 6) is 0. The smallest absolute Gasteiger partial charge is 0.145 e. The molecule has 0 bridgehead atoms. The van der Waals surface area contributed by atoms with Crippen molar-refractivity contribution in [3.8, 4) is 12.1 Å². The summed E-state index contributed by atoms with van der Waals surface area (Å²) in [5, 5.41) is 24.5. The normalized spacial score (nSPS) is 9.16. The van der Waals surface area contributed by atoms with Crippen molar-refractivity contribution in [2.45, 2.75) is 6.54 Å². The molecular weight excluding hydrogens is 238 g/mol. The number of benzene rings is 1. The second kappa shape index (κ2) is 6.04. The van der Waals surface area contributed by atoms with E-state index in [1.165, 1.54) is 6.20 Å². The molecule has 0 aliphatic carbocycles. The van der Waals surface area contributed by atoms with E-state index in [0.29, 0.717) is 6.54 Å². The van der Waals surface area contributed by atoms with Crippen LogP contribution in [0, 0.1) is 22.7 Å². The maximum absolute atomic E-state index is 8.69. The summed E-state index contributed by atoms with van der Waals surface area (Å²) in [6.07, 6.45) is 5.00. The zero-order chi connectivity index (χ0) is 13.5. The van der Waals surface area contributed by atoms with Crippen molar-refractivity contribution in [3.63, 3.8) is 0 Å². The molecule has 5 heteroatoms. The van der Waals surface area contributed by atoms with Gasteiger partial charge in [-0.15, -0.1) is 0 Å². The Morgan fingerprint density at radius 1 is 1.26 bits per heavy atom. The molecule has 5 nitrogen and oxygen atoms in total. The highest BCUT2D eigenvalue weighted by atomic mass is 15.3.